The minimum absolute atomic E-state index is 0.408. The molecule has 0 radical (unpaired) electrons. The highest BCUT2D eigenvalue weighted by Gasteiger charge is 2.37. The molecule has 2 heteroatoms. The Morgan fingerprint density at radius 1 is 1.09 bits per heavy atom. The van der Waals surface area contributed by atoms with Crippen molar-refractivity contribution in [3.63, 3.8) is 0 Å². The van der Waals surface area contributed by atoms with Gasteiger partial charge in [0.2, 0.25) is 0 Å². The van der Waals surface area contributed by atoms with Crippen LogP contribution in [0.5, 0.6) is 0 Å². The summed E-state index contributed by atoms with van der Waals surface area (Å²) in [6.07, 6.45) is 8.06. The summed E-state index contributed by atoms with van der Waals surface area (Å²) in [5.41, 5.74) is 5.53. The summed E-state index contributed by atoms with van der Waals surface area (Å²) in [7, 11) is 0. The number of hydrogen-bond acceptors (Lipinski definition) is 2. The van der Waals surface area contributed by atoms with Crippen molar-refractivity contribution in [2.75, 3.05) is 11.6 Å². The second-order valence-corrected chi connectivity index (χ2v) is 7.22. The SMILES string of the molecule is CSc1ccc(C2Nc3ccc(C)cc3C3C=CCC32)cc1. The van der Waals surface area contributed by atoms with Crippen LogP contribution in [0.25, 0.3) is 0 Å². The molecule has 1 aliphatic carbocycles. The van der Waals surface area contributed by atoms with Crippen molar-refractivity contribution in [2.24, 2.45) is 5.92 Å². The lowest BCUT2D eigenvalue weighted by Crippen LogP contribution is -2.29. The number of fused-ring (bicyclic) bond motifs is 3. The molecule has 2 aromatic rings. The van der Waals surface area contributed by atoms with E-state index in [1.54, 1.807) is 11.8 Å². The van der Waals surface area contributed by atoms with Crippen LogP contribution in [0.15, 0.2) is 59.5 Å². The minimum Gasteiger partial charge on any atom is -0.378 e. The minimum atomic E-state index is 0.408. The summed E-state index contributed by atoms with van der Waals surface area (Å²) in [5, 5.41) is 3.80. The lowest BCUT2D eigenvalue weighted by Gasteiger charge is -2.37. The van der Waals surface area contributed by atoms with Crippen molar-refractivity contribution < 1.29 is 0 Å². The number of anilines is 1. The number of thioether (sulfide) groups is 1. The maximum Gasteiger partial charge on any atom is 0.0553 e. The Balaban J connectivity index is 1.74. The fraction of sp³-hybridized carbons (Fsp3) is 0.300. The van der Waals surface area contributed by atoms with Crippen LogP contribution in [-0.4, -0.2) is 6.26 Å². The quantitative estimate of drug-likeness (QED) is 0.577. The maximum absolute atomic E-state index is 3.80. The number of nitrogens with one attached hydrogen (secondary N) is 1. The van der Waals surface area contributed by atoms with Crippen LogP contribution in [0, 0.1) is 12.8 Å². The van der Waals surface area contributed by atoms with Crippen molar-refractivity contribution in [2.45, 2.75) is 30.2 Å². The predicted octanol–water partition coefficient (Wildman–Crippen LogP) is 5.54. The Bertz CT molecular complexity index is 717. The third-order valence-corrected chi connectivity index (χ3v) is 5.74. The molecule has 3 atom stereocenters. The molecular weight excluding hydrogens is 286 g/mol. The highest BCUT2D eigenvalue weighted by atomic mass is 32.2. The Kier molecular flexibility index (Phi) is 3.50. The molecule has 4 rings (SSSR count). The molecule has 1 N–H and O–H groups in total. The van der Waals surface area contributed by atoms with E-state index in [2.05, 4.69) is 73.1 Å². The van der Waals surface area contributed by atoms with E-state index in [-0.39, 0.29) is 0 Å². The van der Waals surface area contributed by atoms with E-state index in [4.69, 9.17) is 0 Å². The molecule has 1 heterocycles. The summed E-state index contributed by atoms with van der Waals surface area (Å²) in [6, 6.07) is 16.3. The highest BCUT2D eigenvalue weighted by Crippen LogP contribution is 2.49. The van der Waals surface area contributed by atoms with Crippen molar-refractivity contribution in [1.29, 1.82) is 0 Å². The van der Waals surface area contributed by atoms with Crippen molar-refractivity contribution in [1.82, 2.24) is 0 Å². The van der Waals surface area contributed by atoms with Crippen LogP contribution in [0.4, 0.5) is 5.69 Å². The van der Waals surface area contributed by atoms with Gasteiger partial charge in [-0.1, -0.05) is 42.0 Å². The van der Waals surface area contributed by atoms with E-state index in [0.29, 0.717) is 17.9 Å². The molecule has 1 nitrogen and oxygen atoms in total. The molecule has 0 saturated carbocycles. The summed E-state index contributed by atoms with van der Waals surface area (Å²) in [5.74, 6) is 1.19. The van der Waals surface area contributed by atoms with E-state index in [9.17, 15) is 0 Å². The molecule has 0 saturated heterocycles. The molecule has 0 bridgehead atoms. The second-order valence-electron chi connectivity index (χ2n) is 6.34. The Labute approximate surface area is 136 Å². The summed E-state index contributed by atoms with van der Waals surface area (Å²) >= 11 is 1.80. The van der Waals surface area contributed by atoms with Gasteiger partial charge in [-0.2, -0.15) is 0 Å². The molecular formula is C20H21NS. The van der Waals surface area contributed by atoms with Gasteiger partial charge in [0.1, 0.15) is 0 Å². The van der Waals surface area contributed by atoms with Crippen molar-refractivity contribution >= 4 is 17.4 Å². The average molecular weight is 307 g/mol. The van der Waals surface area contributed by atoms with Gasteiger partial charge in [-0.05, 0) is 54.8 Å². The number of allylic oxidation sites excluding steroid dienone is 2. The van der Waals surface area contributed by atoms with E-state index in [1.807, 2.05) is 0 Å². The van der Waals surface area contributed by atoms with Crippen molar-refractivity contribution in [3.8, 4) is 0 Å². The number of aryl methyl sites for hydroxylation is 1. The molecule has 0 amide bonds. The lowest BCUT2D eigenvalue weighted by atomic mass is 9.77. The molecule has 1 aliphatic heterocycles. The predicted molar refractivity (Wildman–Crippen MR) is 95.8 cm³/mol. The Morgan fingerprint density at radius 2 is 1.91 bits per heavy atom. The first kappa shape index (κ1) is 14.0. The van der Waals surface area contributed by atoms with E-state index in [1.165, 1.54) is 33.7 Å². The monoisotopic (exact) mass is 307 g/mol. The van der Waals surface area contributed by atoms with Gasteiger partial charge in [-0.15, -0.1) is 11.8 Å². The fourth-order valence-corrected chi connectivity index (χ4v) is 4.26. The topological polar surface area (TPSA) is 12.0 Å². The zero-order chi connectivity index (χ0) is 15.1. The van der Waals surface area contributed by atoms with Crippen LogP contribution in [0.3, 0.4) is 0 Å². The van der Waals surface area contributed by atoms with Gasteiger partial charge in [-0.3, -0.25) is 0 Å². The molecule has 2 aromatic carbocycles. The van der Waals surface area contributed by atoms with Crippen LogP contribution in [0.1, 0.15) is 35.1 Å². The Hall–Kier alpha value is -1.67. The smallest absolute Gasteiger partial charge is 0.0553 e. The zero-order valence-corrected chi connectivity index (χ0v) is 13.9. The lowest BCUT2D eigenvalue weighted by molar-refractivity contribution is 0.425. The molecule has 3 unspecified atom stereocenters. The summed E-state index contributed by atoms with van der Waals surface area (Å²) in [4.78, 5) is 1.33. The average Bonchev–Trinajstić information content (AvgIpc) is 3.04. The zero-order valence-electron chi connectivity index (χ0n) is 13.0. The normalized spacial score (nSPS) is 25.5. The first-order valence-electron chi connectivity index (χ1n) is 7.94. The number of rotatable bonds is 2. The van der Waals surface area contributed by atoms with Gasteiger partial charge < -0.3 is 5.32 Å². The molecule has 0 spiro atoms. The Morgan fingerprint density at radius 3 is 2.68 bits per heavy atom. The van der Waals surface area contributed by atoms with Gasteiger partial charge in [0.25, 0.3) is 0 Å². The molecule has 22 heavy (non-hydrogen) atoms. The number of benzene rings is 2. The standard InChI is InChI=1S/C20H21NS/c1-13-6-11-19-18(12-13)16-4-3-5-17(16)20(21-19)14-7-9-15(22-2)10-8-14/h3-4,6-12,16-17,20-21H,5H2,1-2H3. The summed E-state index contributed by atoms with van der Waals surface area (Å²) < 4.78 is 0. The first-order chi connectivity index (χ1) is 10.8. The van der Waals surface area contributed by atoms with Gasteiger partial charge in [0.15, 0.2) is 0 Å². The third-order valence-electron chi connectivity index (χ3n) is 4.99. The van der Waals surface area contributed by atoms with Crippen LogP contribution >= 0.6 is 11.8 Å². The largest absolute Gasteiger partial charge is 0.378 e. The van der Waals surface area contributed by atoms with Gasteiger partial charge >= 0.3 is 0 Å². The van der Waals surface area contributed by atoms with E-state index in [0.717, 1.165) is 0 Å². The fourth-order valence-electron chi connectivity index (χ4n) is 3.86. The third kappa shape index (κ3) is 2.26. The van der Waals surface area contributed by atoms with Gasteiger partial charge in [0.05, 0.1) is 6.04 Å². The van der Waals surface area contributed by atoms with Crippen LogP contribution in [-0.2, 0) is 0 Å². The highest BCUT2D eigenvalue weighted by molar-refractivity contribution is 7.98. The van der Waals surface area contributed by atoms with Gasteiger partial charge in [-0.25, -0.2) is 0 Å². The maximum atomic E-state index is 3.80. The van der Waals surface area contributed by atoms with E-state index >= 15 is 0 Å². The molecule has 0 aromatic heterocycles. The van der Waals surface area contributed by atoms with Crippen LogP contribution in [0.2, 0.25) is 0 Å². The van der Waals surface area contributed by atoms with Crippen LogP contribution < -0.4 is 5.32 Å². The first-order valence-corrected chi connectivity index (χ1v) is 9.16. The van der Waals surface area contributed by atoms with Crippen molar-refractivity contribution in [3.05, 3.63) is 71.3 Å². The van der Waals surface area contributed by atoms with E-state index < -0.39 is 0 Å². The number of hydrogen-bond donors (Lipinski definition) is 1. The van der Waals surface area contributed by atoms with Gasteiger partial charge in [0, 0.05) is 16.5 Å². The molecule has 2 aliphatic rings. The second kappa shape index (κ2) is 5.51. The molecule has 112 valence electrons. The molecule has 0 fully saturated rings. The summed E-state index contributed by atoms with van der Waals surface area (Å²) in [6.45, 7) is 2.18.